The van der Waals surface area contributed by atoms with Crippen LogP contribution in [0, 0.1) is 22.7 Å². The summed E-state index contributed by atoms with van der Waals surface area (Å²) < 4.78 is 38.5. The van der Waals surface area contributed by atoms with E-state index < -0.39 is 24.7 Å². The van der Waals surface area contributed by atoms with Crippen LogP contribution in [0.25, 0.3) is 0 Å². The van der Waals surface area contributed by atoms with Crippen molar-refractivity contribution < 1.29 is 18.0 Å². The Hall–Kier alpha value is -2.74. The molecular weight excluding hydrogens is 309 g/mol. The topological polar surface area (TPSA) is 79.9 Å². The molecule has 0 heterocycles. The number of halogens is 3. The second kappa shape index (κ2) is 7.50. The number of nitrogens with zero attached hydrogens (tertiary/aromatic N) is 3. The molecule has 1 aromatic carbocycles. The second-order valence-electron chi connectivity index (χ2n) is 4.77. The zero-order valence-electron chi connectivity index (χ0n) is 12.6. The van der Waals surface area contributed by atoms with Crippen molar-refractivity contribution in [2.24, 2.45) is 0 Å². The lowest BCUT2D eigenvalue weighted by atomic mass is 10.1. The maximum Gasteiger partial charge on any atom is 0.405 e. The highest BCUT2D eigenvalue weighted by atomic mass is 19.4. The number of benzene rings is 1. The Morgan fingerprint density at radius 1 is 1.30 bits per heavy atom. The molecule has 23 heavy (non-hydrogen) atoms. The Bertz CT molecular complexity index is 658. The van der Waals surface area contributed by atoms with E-state index in [2.05, 4.69) is 5.32 Å². The lowest BCUT2D eigenvalue weighted by molar-refractivity contribution is -0.126. The molecule has 0 aliphatic heterocycles. The highest BCUT2D eigenvalue weighted by Crippen LogP contribution is 2.26. The summed E-state index contributed by atoms with van der Waals surface area (Å²) in [5, 5.41) is 20.3. The number of alkyl halides is 3. The van der Waals surface area contributed by atoms with Crippen LogP contribution in [0.2, 0.25) is 0 Å². The quantitative estimate of drug-likeness (QED) is 0.901. The van der Waals surface area contributed by atoms with E-state index in [-0.39, 0.29) is 16.8 Å². The van der Waals surface area contributed by atoms with Crippen LogP contribution in [0.4, 0.5) is 18.9 Å². The van der Waals surface area contributed by atoms with Gasteiger partial charge in [-0.2, -0.15) is 23.7 Å². The Morgan fingerprint density at radius 2 is 1.91 bits per heavy atom. The molecule has 0 bridgehead atoms. The van der Waals surface area contributed by atoms with Crippen LogP contribution >= 0.6 is 0 Å². The fraction of sp³-hybridized carbons (Fsp3) is 0.400. The lowest BCUT2D eigenvalue weighted by Gasteiger charge is -2.31. The molecule has 5 nitrogen and oxygen atoms in total. The number of hydrogen-bond donors (Lipinski definition) is 1. The van der Waals surface area contributed by atoms with Gasteiger partial charge in [0, 0.05) is 12.2 Å². The van der Waals surface area contributed by atoms with Gasteiger partial charge in [-0.3, -0.25) is 4.79 Å². The Morgan fingerprint density at radius 3 is 2.39 bits per heavy atom. The van der Waals surface area contributed by atoms with E-state index in [9.17, 15) is 18.0 Å². The number of rotatable bonds is 5. The van der Waals surface area contributed by atoms with Crippen molar-refractivity contribution in [3.8, 4) is 12.1 Å². The molecule has 1 rings (SSSR count). The van der Waals surface area contributed by atoms with Gasteiger partial charge in [0.15, 0.2) is 0 Å². The number of nitriles is 2. The van der Waals surface area contributed by atoms with E-state index in [0.717, 1.165) is 4.90 Å². The molecule has 0 spiro atoms. The lowest BCUT2D eigenvalue weighted by Crippen LogP contribution is -2.48. The van der Waals surface area contributed by atoms with Gasteiger partial charge in [-0.25, -0.2) is 0 Å². The molecular formula is C15H15F3N4O. The Kier molecular flexibility index (Phi) is 5.97. The van der Waals surface area contributed by atoms with Crippen LogP contribution in [0.1, 0.15) is 25.0 Å². The van der Waals surface area contributed by atoms with Gasteiger partial charge in [-0.15, -0.1) is 0 Å². The molecule has 0 aromatic heterocycles. The van der Waals surface area contributed by atoms with Gasteiger partial charge < -0.3 is 10.2 Å². The minimum atomic E-state index is -4.53. The third-order valence-electron chi connectivity index (χ3n) is 3.12. The molecule has 0 aliphatic rings. The van der Waals surface area contributed by atoms with Crippen LogP contribution in [0.5, 0.6) is 0 Å². The number of hydrogen-bond acceptors (Lipinski definition) is 4. The fourth-order valence-electron chi connectivity index (χ4n) is 2.01. The summed E-state index contributed by atoms with van der Waals surface area (Å²) in [5.74, 6) is -0.556. The molecule has 1 amide bonds. The van der Waals surface area contributed by atoms with Crippen LogP contribution in [0.3, 0.4) is 0 Å². The monoisotopic (exact) mass is 324 g/mol. The molecule has 1 unspecified atom stereocenters. The summed E-state index contributed by atoms with van der Waals surface area (Å²) in [6.45, 7) is 1.96. The number of anilines is 1. The number of carbonyl (C=O) groups excluding carboxylic acids is 1. The van der Waals surface area contributed by atoms with Crippen LogP contribution in [-0.4, -0.2) is 31.2 Å². The van der Waals surface area contributed by atoms with Crippen LogP contribution in [0.15, 0.2) is 18.2 Å². The summed E-state index contributed by atoms with van der Waals surface area (Å²) >= 11 is 0. The first kappa shape index (κ1) is 18.3. The number of nitrogens with one attached hydrogen (secondary N) is 1. The van der Waals surface area contributed by atoms with E-state index in [1.165, 1.54) is 25.1 Å². The first-order valence-corrected chi connectivity index (χ1v) is 6.78. The molecule has 8 heteroatoms. The summed E-state index contributed by atoms with van der Waals surface area (Å²) in [5.41, 5.74) is 0.0748. The maximum absolute atomic E-state index is 12.8. The molecule has 0 saturated carbocycles. The molecule has 1 aromatic rings. The van der Waals surface area contributed by atoms with E-state index in [1.54, 1.807) is 19.1 Å². The van der Waals surface area contributed by atoms with Crippen LogP contribution < -0.4 is 10.2 Å². The molecule has 0 radical (unpaired) electrons. The summed E-state index contributed by atoms with van der Waals surface area (Å²) in [4.78, 5) is 12.7. The van der Waals surface area contributed by atoms with Crippen molar-refractivity contribution in [2.75, 3.05) is 18.0 Å². The molecule has 1 atom stereocenters. The molecule has 1 N–H and O–H groups in total. The number of carbonyl (C=O) groups is 1. The van der Waals surface area contributed by atoms with Crippen molar-refractivity contribution in [3.63, 3.8) is 0 Å². The van der Waals surface area contributed by atoms with Gasteiger partial charge in [0.2, 0.25) is 5.91 Å². The molecule has 122 valence electrons. The summed E-state index contributed by atoms with van der Waals surface area (Å²) in [6, 6.07) is 6.21. The Balaban J connectivity index is 3.27. The first-order chi connectivity index (χ1) is 10.7. The smallest absolute Gasteiger partial charge is 0.355 e. The standard InChI is InChI=1S/C15H15F3N4O/c1-3-21-14(23)10(2)22(9-15(16,17)18)13-5-4-11(7-19)12(6-13)8-20/h4-6,10H,3,9H2,1-2H3,(H,21,23). The molecule has 0 aliphatic carbocycles. The van der Waals surface area contributed by atoms with E-state index >= 15 is 0 Å². The van der Waals surface area contributed by atoms with Gasteiger partial charge >= 0.3 is 6.18 Å². The van der Waals surface area contributed by atoms with Gasteiger partial charge in [-0.1, -0.05) is 0 Å². The highest BCUT2D eigenvalue weighted by Gasteiger charge is 2.35. The van der Waals surface area contributed by atoms with Crippen molar-refractivity contribution in [3.05, 3.63) is 29.3 Å². The number of likely N-dealkylation sites (N-methyl/N-ethyl adjacent to an activating group) is 1. The summed E-state index contributed by atoms with van der Waals surface area (Å²) in [7, 11) is 0. The number of amides is 1. The van der Waals surface area contributed by atoms with Gasteiger partial charge in [0.05, 0.1) is 11.1 Å². The molecule has 0 fully saturated rings. The molecule has 0 saturated heterocycles. The SMILES string of the molecule is CCNC(=O)C(C)N(CC(F)(F)F)c1ccc(C#N)c(C#N)c1. The van der Waals surface area contributed by atoms with Crippen molar-refractivity contribution in [1.82, 2.24) is 5.32 Å². The largest absolute Gasteiger partial charge is 0.405 e. The minimum Gasteiger partial charge on any atom is -0.355 e. The van der Waals surface area contributed by atoms with Crippen molar-refractivity contribution in [2.45, 2.75) is 26.1 Å². The maximum atomic E-state index is 12.8. The van der Waals surface area contributed by atoms with E-state index in [0.29, 0.717) is 6.54 Å². The normalized spacial score (nSPS) is 12.0. The predicted molar refractivity (Wildman–Crippen MR) is 77.4 cm³/mol. The average Bonchev–Trinajstić information content (AvgIpc) is 2.50. The minimum absolute atomic E-state index is 0.0414. The van der Waals surface area contributed by atoms with Crippen molar-refractivity contribution >= 4 is 11.6 Å². The van der Waals surface area contributed by atoms with E-state index in [4.69, 9.17) is 10.5 Å². The first-order valence-electron chi connectivity index (χ1n) is 6.78. The third-order valence-corrected chi connectivity index (χ3v) is 3.12. The van der Waals surface area contributed by atoms with Gasteiger partial charge in [0.25, 0.3) is 0 Å². The zero-order chi connectivity index (χ0) is 17.6. The van der Waals surface area contributed by atoms with Crippen molar-refractivity contribution in [1.29, 1.82) is 10.5 Å². The van der Waals surface area contributed by atoms with Gasteiger partial charge in [0.1, 0.15) is 24.7 Å². The third kappa shape index (κ3) is 4.89. The summed E-state index contributed by atoms with van der Waals surface area (Å²) in [6.07, 6.45) is -4.53. The average molecular weight is 324 g/mol. The van der Waals surface area contributed by atoms with Gasteiger partial charge in [-0.05, 0) is 32.0 Å². The van der Waals surface area contributed by atoms with E-state index in [1.807, 2.05) is 0 Å². The Labute approximate surface area is 131 Å². The fourth-order valence-corrected chi connectivity index (χ4v) is 2.01. The zero-order valence-corrected chi connectivity index (χ0v) is 12.6. The highest BCUT2D eigenvalue weighted by molar-refractivity contribution is 5.85. The van der Waals surface area contributed by atoms with Crippen LogP contribution in [-0.2, 0) is 4.79 Å². The predicted octanol–water partition coefficient (Wildman–Crippen LogP) is 2.32. The second-order valence-corrected chi connectivity index (χ2v) is 4.77.